The molecule has 0 bridgehead atoms. The minimum atomic E-state index is 0.661. The van der Waals surface area contributed by atoms with Crippen LogP contribution in [0.25, 0.3) is 22.1 Å². The summed E-state index contributed by atoms with van der Waals surface area (Å²) in [5.74, 6) is 6.05. The number of nitrogens with one attached hydrogen (secondary N) is 2. The third kappa shape index (κ3) is 2.72. The van der Waals surface area contributed by atoms with Gasteiger partial charge < -0.3 is 10.7 Å². The summed E-state index contributed by atoms with van der Waals surface area (Å²) in [5, 5.41) is 12.7. The van der Waals surface area contributed by atoms with Crippen molar-refractivity contribution in [3.05, 3.63) is 60.4 Å². The smallest absolute Gasteiger partial charge is 0.180 e. The number of nitrogens with two attached hydrogens (primary N) is 1. The molecular formula is C18H18N8. The zero-order chi connectivity index (χ0) is 18.1. The van der Waals surface area contributed by atoms with Crippen LogP contribution in [0.3, 0.4) is 0 Å². The first kappa shape index (κ1) is 16.0. The number of allylic oxidation sites excluding steroid dienone is 1. The monoisotopic (exact) mass is 346 g/mol. The highest BCUT2D eigenvalue weighted by atomic mass is 15.2. The Morgan fingerprint density at radius 2 is 2.12 bits per heavy atom. The molecule has 0 spiro atoms. The van der Waals surface area contributed by atoms with E-state index in [4.69, 9.17) is 5.84 Å². The maximum Gasteiger partial charge on any atom is 0.180 e. The summed E-state index contributed by atoms with van der Waals surface area (Å²) < 4.78 is 1.97. The summed E-state index contributed by atoms with van der Waals surface area (Å²) in [6.07, 6.45) is 7.13. The van der Waals surface area contributed by atoms with Crippen LogP contribution in [0.2, 0.25) is 0 Å². The summed E-state index contributed by atoms with van der Waals surface area (Å²) in [6, 6.07) is 7.86. The molecule has 0 saturated carbocycles. The van der Waals surface area contributed by atoms with E-state index in [1.165, 1.54) is 0 Å². The summed E-state index contributed by atoms with van der Waals surface area (Å²) >= 11 is 0. The van der Waals surface area contributed by atoms with Crippen molar-refractivity contribution in [2.75, 3.05) is 5.32 Å². The van der Waals surface area contributed by atoms with Crippen molar-refractivity contribution >= 4 is 33.6 Å². The zero-order valence-corrected chi connectivity index (χ0v) is 14.4. The molecule has 0 amide bonds. The Kier molecular flexibility index (Phi) is 3.94. The molecule has 4 aromatic rings. The van der Waals surface area contributed by atoms with Crippen molar-refractivity contribution < 1.29 is 0 Å². The van der Waals surface area contributed by atoms with Gasteiger partial charge in [0.05, 0.1) is 23.1 Å². The van der Waals surface area contributed by atoms with E-state index in [1.54, 1.807) is 18.6 Å². The van der Waals surface area contributed by atoms with E-state index in [-0.39, 0.29) is 0 Å². The minimum absolute atomic E-state index is 0.661. The van der Waals surface area contributed by atoms with Crippen molar-refractivity contribution in [2.24, 2.45) is 5.84 Å². The van der Waals surface area contributed by atoms with Gasteiger partial charge in [0.25, 0.3) is 0 Å². The molecule has 0 atom stereocenters. The molecule has 0 aliphatic heterocycles. The zero-order valence-electron chi connectivity index (χ0n) is 14.4. The van der Waals surface area contributed by atoms with Gasteiger partial charge in [-0.2, -0.15) is 10.2 Å². The molecule has 0 radical (unpaired) electrons. The largest absolute Gasteiger partial charge is 0.337 e. The number of hydrogen-bond donors (Lipinski definition) is 3. The van der Waals surface area contributed by atoms with Gasteiger partial charge in [-0.25, -0.2) is 9.97 Å². The number of hydrazine groups is 1. The predicted molar refractivity (Wildman–Crippen MR) is 102 cm³/mol. The fourth-order valence-electron chi connectivity index (χ4n) is 2.90. The van der Waals surface area contributed by atoms with Gasteiger partial charge in [-0.3, -0.25) is 10.2 Å². The lowest BCUT2D eigenvalue weighted by Crippen LogP contribution is -2.14. The van der Waals surface area contributed by atoms with Crippen LogP contribution in [0.4, 0.5) is 11.5 Å². The van der Waals surface area contributed by atoms with Crippen LogP contribution in [0, 0.1) is 6.92 Å². The Morgan fingerprint density at radius 3 is 2.96 bits per heavy atom. The molecule has 26 heavy (non-hydrogen) atoms. The number of anilines is 2. The highest BCUT2D eigenvalue weighted by Gasteiger charge is 2.11. The van der Waals surface area contributed by atoms with Gasteiger partial charge in [0.15, 0.2) is 11.5 Å². The SMILES string of the molecule is C/C(=C\NN)c1cnc2c(Nc3cccc4nnc(C)cc34)nccn12. The number of imidazole rings is 1. The molecule has 0 fully saturated rings. The summed E-state index contributed by atoms with van der Waals surface area (Å²) in [7, 11) is 0. The number of benzene rings is 1. The lowest BCUT2D eigenvalue weighted by atomic mass is 10.2. The maximum absolute atomic E-state index is 5.38. The van der Waals surface area contributed by atoms with Gasteiger partial charge in [0.2, 0.25) is 0 Å². The van der Waals surface area contributed by atoms with Crippen LogP contribution in [-0.4, -0.2) is 24.6 Å². The molecule has 8 heteroatoms. The number of rotatable bonds is 4. The van der Waals surface area contributed by atoms with Crippen molar-refractivity contribution in [1.82, 2.24) is 30.0 Å². The van der Waals surface area contributed by atoms with E-state index in [0.29, 0.717) is 5.82 Å². The lowest BCUT2D eigenvalue weighted by Gasteiger charge is -2.10. The highest BCUT2D eigenvalue weighted by Crippen LogP contribution is 2.27. The Balaban J connectivity index is 1.82. The van der Waals surface area contributed by atoms with Crippen LogP contribution in [-0.2, 0) is 0 Å². The maximum atomic E-state index is 5.38. The van der Waals surface area contributed by atoms with E-state index >= 15 is 0 Å². The average molecular weight is 346 g/mol. The quantitative estimate of drug-likeness (QED) is 0.385. The second-order valence-electron chi connectivity index (χ2n) is 5.96. The Labute approximate surface area is 149 Å². The molecule has 3 aromatic heterocycles. The van der Waals surface area contributed by atoms with Crippen LogP contribution in [0.1, 0.15) is 18.3 Å². The summed E-state index contributed by atoms with van der Waals surface area (Å²) in [4.78, 5) is 8.98. The van der Waals surface area contributed by atoms with Gasteiger partial charge in [0, 0.05) is 29.7 Å². The van der Waals surface area contributed by atoms with Gasteiger partial charge >= 0.3 is 0 Å². The molecule has 1 aromatic carbocycles. The van der Waals surface area contributed by atoms with Gasteiger partial charge in [-0.05, 0) is 37.6 Å². The minimum Gasteiger partial charge on any atom is -0.337 e. The summed E-state index contributed by atoms with van der Waals surface area (Å²) in [5.41, 5.74) is 7.76. The van der Waals surface area contributed by atoms with Crippen molar-refractivity contribution in [2.45, 2.75) is 13.8 Å². The molecule has 4 rings (SSSR count). The molecule has 3 heterocycles. The van der Waals surface area contributed by atoms with Gasteiger partial charge in [-0.15, -0.1) is 0 Å². The van der Waals surface area contributed by atoms with E-state index in [1.807, 2.05) is 48.7 Å². The molecule has 130 valence electrons. The van der Waals surface area contributed by atoms with E-state index in [9.17, 15) is 0 Å². The fraction of sp³-hybridized carbons (Fsp3) is 0.111. The van der Waals surface area contributed by atoms with Crippen molar-refractivity contribution in [3.63, 3.8) is 0 Å². The van der Waals surface area contributed by atoms with E-state index in [0.717, 1.165) is 39.2 Å². The third-order valence-corrected chi connectivity index (χ3v) is 4.14. The second-order valence-corrected chi connectivity index (χ2v) is 5.96. The van der Waals surface area contributed by atoms with Crippen LogP contribution in [0.5, 0.6) is 0 Å². The normalized spacial score (nSPS) is 11.9. The Bertz CT molecular complexity index is 1130. The van der Waals surface area contributed by atoms with Crippen LogP contribution < -0.4 is 16.6 Å². The summed E-state index contributed by atoms with van der Waals surface area (Å²) in [6.45, 7) is 3.88. The topological polar surface area (TPSA) is 106 Å². The number of aromatic nitrogens is 5. The van der Waals surface area contributed by atoms with Gasteiger partial charge in [0.1, 0.15) is 0 Å². The van der Waals surface area contributed by atoms with Crippen molar-refractivity contribution in [1.29, 1.82) is 0 Å². The highest BCUT2D eigenvalue weighted by molar-refractivity contribution is 5.93. The standard InChI is InChI=1S/C18H18N8/c1-11(9-22-19)16-10-21-18-17(20-6-7-26(16)18)23-14-4-3-5-15-13(14)8-12(2)24-25-15/h3-10,22H,19H2,1-2H3,(H,20,23)/b11-9+. The third-order valence-electron chi connectivity index (χ3n) is 4.14. The second kappa shape index (κ2) is 6.41. The molecule has 0 unspecified atom stereocenters. The van der Waals surface area contributed by atoms with Gasteiger partial charge in [-0.1, -0.05) is 6.07 Å². The average Bonchev–Trinajstić information content (AvgIpc) is 3.08. The predicted octanol–water partition coefficient (Wildman–Crippen LogP) is 2.55. The molecular weight excluding hydrogens is 328 g/mol. The number of fused-ring (bicyclic) bond motifs is 2. The Hall–Kier alpha value is -3.52. The first-order valence-electron chi connectivity index (χ1n) is 8.13. The first-order chi connectivity index (χ1) is 12.7. The molecule has 4 N–H and O–H groups in total. The van der Waals surface area contributed by atoms with Crippen molar-refractivity contribution in [3.8, 4) is 0 Å². The molecule has 0 saturated heterocycles. The fourth-order valence-corrected chi connectivity index (χ4v) is 2.90. The number of hydrogen-bond acceptors (Lipinski definition) is 7. The first-order valence-corrected chi connectivity index (χ1v) is 8.13. The molecule has 8 nitrogen and oxygen atoms in total. The van der Waals surface area contributed by atoms with Crippen LogP contribution in [0.15, 0.2) is 49.1 Å². The lowest BCUT2D eigenvalue weighted by molar-refractivity contribution is 0.965. The van der Waals surface area contributed by atoms with E-state index in [2.05, 4.69) is 30.9 Å². The molecule has 0 aliphatic carbocycles. The number of nitrogens with zero attached hydrogens (tertiary/aromatic N) is 5. The Morgan fingerprint density at radius 1 is 1.23 bits per heavy atom. The molecule has 0 aliphatic rings. The van der Waals surface area contributed by atoms with Crippen LogP contribution >= 0.6 is 0 Å². The van der Waals surface area contributed by atoms with E-state index < -0.39 is 0 Å². The number of aryl methyl sites for hydroxylation is 1.